The molecule has 1 fully saturated rings. The molecule has 2 aromatic heterocycles. The number of carbonyl (C=O) groups is 1. The molecular formula is C29H32Br3ClN4O. The Kier molecular flexibility index (Phi) is 10.8. The Balaban J connectivity index is 0.000000786. The molecule has 1 N–H and O–H groups in total. The second-order valence-electron chi connectivity index (χ2n) is 9.99. The number of rotatable bonds is 4. The van der Waals surface area contributed by atoms with Gasteiger partial charge >= 0.3 is 0 Å². The van der Waals surface area contributed by atoms with Gasteiger partial charge in [0.25, 0.3) is 0 Å². The van der Waals surface area contributed by atoms with E-state index >= 15 is 0 Å². The van der Waals surface area contributed by atoms with E-state index < -0.39 is 0 Å². The van der Waals surface area contributed by atoms with Crippen LogP contribution in [0.5, 0.6) is 0 Å². The van der Waals surface area contributed by atoms with Crippen molar-refractivity contribution in [3.63, 3.8) is 0 Å². The second kappa shape index (κ2) is 13.8. The molecule has 9 heteroatoms. The molecule has 0 bridgehead atoms. The molecule has 1 saturated heterocycles. The highest BCUT2D eigenvalue weighted by atomic mass is 79.9. The number of piperidine rings is 1. The Hall–Kier alpha value is -1.32. The van der Waals surface area contributed by atoms with E-state index in [0.717, 1.165) is 57.5 Å². The average Bonchev–Trinajstić information content (AvgIpc) is 3.04. The standard InChI is InChI=1S/C26H25Br2ClN4O.C3H7Br/c27-20-9-18-6-5-17-10-21(29)11-22(28)23(17)25(24(18)31-14-20)33-8-2-4-19(15-33)26(34)32-13-16-3-1-7-30-12-16;1-3(2)4/h1,3,7,9-12,14,19,25H,2,4-6,8,13,15H2,(H,32,34);3H,1-2H3. The van der Waals surface area contributed by atoms with E-state index in [4.69, 9.17) is 16.6 Å². The smallest absolute Gasteiger partial charge is 0.224 e. The van der Waals surface area contributed by atoms with Crippen LogP contribution in [-0.4, -0.2) is 38.7 Å². The van der Waals surface area contributed by atoms with Gasteiger partial charge in [0.2, 0.25) is 5.91 Å². The van der Waals surface area contributed by atoms with Crippen LogP contribution in [0.3, 0.4) is 0 Å². The van der Waals surface area contributed by atoms with Crippen LogP contribution in [0.15, 0.2) is 57.9 Å². The van der Waals surface area contributed by atoms with Gasteiger partial charge in [0, 0.05) is 50.5 Å². The van der Waals surface area contributed by atoms with Gasteiger partial charge in [-0.05, 0) is 94.7 Å². The van der Waals surface area contributed by atoms with Gasteiger partial charge in [-0.15, -0.1) is 0 Å². The molecular weight excluding hydrogens is 696 g/mol. The molecule has 1 amide bonds. The van der Waals surface area contributed by atoms with Crippen LogP contribution < -0.4 is 5.32 Å². The summed E-state index contributed by atoms with van der Waals surface area (Å²) in [6, 6.07) is 10.1. The first-order chi connectivity index (χ1) is 18.2. The maximum atomic E-state index is 13.1. The number of likely N-dealkylation sites (tertiary alicyclic amines) is 1. The van der Waals surface area contributed by atoms with Gasteiger partial charge in [-0.1, -0.05) is 63.4 Å². The summed E-state index contributed by atoms with van der Waals surface area (Å²) < 4.78 is 1.99. The van der Waals surface area contributed by atoms with Crippen molar-refractivity contribution in [1.82, 2.24) is 20.2 Å². The second-order valence-corrected chi connectivity index (χ2v) is 14.0. The predicted molar refractivity (Wildman–Crippen MR) is 165 cm³/mol. The van der Waals surface area contributed by atoms with E-state index in [1.165, 1.54) is 16.7 Å². The minimum absolute atomic E-state index is 0.0267. The van der Waals surface area contributed by atoms with E-state index in [9.17, 15) is 4.79 Å². The molecule has 2 atom stereocenters. The number of halogens is 4. The zero-order valence-electron chi connectivity index (χ0n) is 21.6. The van der Waals surface area contributed by atoms with Crippen molar-refractivity contribution in [2.45, 2.75) is 56.9 Å². The summed E-state index contributed by atoms with van der Waals surface area (Å²) in [5.74, 6) is 0.0312. The Bertz CT molecular complexity index is 1260. The first-order valence-electron chi connectivity index (χ1n) is 12.9. The van der Waals surface area contributed by atoms with Crippen molar-refractivity contribution < 1.29 is 4.79 Å². The van der Waals surface area contributed by atoms with E-state index in [-0.39, 0.29) is 17.9 Å². The van der Waals surface area contributed by atoms with Crippen molar-refractivity contribution in [2.24, 2.45) is 5.92 Å². The van der Waals surface area contributed by atoms with Gasteiger partial charge in [-0.3, -0.25) is 19.7 Å². The maximum absolute atomic E-state index is 13.1. The molecule has 0 spiro atoms. The molecule has 3 aromatic rings. The molecule has 2 aliphatic rings. The lowest BCUT2D eigenvalue weighted by Gasteiger charge is -2.38. The fourth-order valence-corrected chi connectivity index (χ4v) is 6.61. The van der Waals surface area contributed by atoms with Gasteiger partial charge in [0.05, 0.1) is 17.7 Å². The van der Waals surface area contributed by atoms with Crippen molar-refractivity contribution in [2.75, 3.05) is 13.1 Å². The third-order valence-corrected chi connectivity index (χ3v) is 8.03. The number of nitrogens with one attached hydrogen (secondary N) is 1. The summed E-state index contributed by atoms with van der Waals surface area (Å²) in [5, 5.41) is 3.85. The number of alkyl halides is 1. The maximum Gasteiger partial charge on any atom is 0.224 e. The van der Waals surface area contributed by atoms with E-state index in [1.807, 2.05) is 24.4 Å². The highest BCUT2D eigenvalue weighted by molar-refractivity contribution is 9.10. The number of carbonyl (C=O) groups excluding carboxylic acids is 1. The summed E-state index contributed by atoms with van der Waals surface area (Å²) in [5.41, 5.74) is 5.77. The first kappa shape index (κ1) is 29.7. The normalized spacial score (nSPS) is 19.0. The molecule has 5 rings (SSSR count). The molecule has 0 saturated carbocycles. The molecule has 1 aliphatic carbocycles. The van der Waals surface area contributed by atoms with E-state index in [2.05, 4.69) is 89.0 Å². The Morgan fingerprint density at radius 2 is 1.95 bits per heavy atom. The van der Waals surface area contributed by atoms with Crippen LogP contribution in [0.4, 0.5) is 0 Å². The Labute approximate surface area is 255 Å². The minimum atomic E-state index is -0.0675. The fourth-order valence-electron chi connectivity index (χ4n) is 5.14. The molecule has 38 heavy (non-hydrogen) atoms. The van der Waals surface area contributed by atoms with Crippen LogP contribution in [0, 0.1) is 5.92 Å². The number of aromatic nitrogens is 2. The lowest BCUT2D eigenvalue weighted by molar-refractivity contribution is -0.127. The molecule has 5 nitrogen and oxygen atoms in total. The molecule has 202 valence electrons. The highest BCUT2D eigenvalue weighted by Gasteiger charge is 2.36. The zero-order chi connectivity index (χ0) is 27.2. The van der Waals surface area contributed by atoms with Crippen LogP contribution in [-0.2, 0) is 24.2 Å². The lowest BCUT2D eigenvalue weighted by atomic mass is 9.91. The largest absolute Gasteiger partial charge is 0.352 e. The summed E-state index contributed by atoms with van der Waals surface area (Å²) >= 11 is 17.1. The number of aryl methyl sites for hydroxylation is 2. The van der Waals surface area contributed by atoms with Gasteiger partial charge in [-0.2, -0.15) is 0 Å². The number of fused-ring (bicyclic) bond motifs is 2. The van der Waals surface area contributed by atoms with Gasteiger partial charge < -0.3 is 5.32 Å². The summed E-state index contributed by atoms with van der Waals surface area (Å²) in [6.07, 6.45) is 9.07. The quantitative estimate of drug-likeness (QED) is 0.281. The number of amides is 1. The van der Waals surface area contributed by atoms with Crippen molar-refractivity contribution in [3.8, 4) is 0 Å². The molecule has 2 unspecified atom stereocenters. The number of benzene rings is 1. The SMILES string of the molecule is CC(C)Br.O=C(NCc1cccnc1)C1CCCN(C2c3ncc(Br)cc3CCc3cc(Cl)cc(Br)c32)C1. The molecule has 3 heterocycles. The van der Waals surface area contributed by atoms with Crippen LogP contribution in [0.1, 0.15) is 60.7 Å². The minimum Gasteiger partial charge on any atom is -0.352 e. The molecule has 1 aromatic carbocycles. The fraction of sp³-hybridized carbons (Fsp3) is 0.414. The zero-order valence-corrected chi connectivity index (χ0v) is 27.1. The van der Waals surface area contributed by atoms with Crippen LogP contribution >= 0.6 is 59.4 Å². The summed E-state index contributed by atoms with van der Waals surface area (Å²) in [7, 11) is 0. The molecule has 1 aliphatic heterocycles. The third kappa shape index (κ3) is 7.66. The van der Waals surface area contributed by atoms with Crippen molar-refractivity contribution in [1.29, 1.82) is 0 Å². The van der Waals surface area contributed by atoms with Gasteiger partial charge in [-0.25, -0.2) is 0 Å². The van der Waals surface area contributed by atoms with Crippen molar-refractivity contribution in [3.05, 3.63) is 90.8 Å². The van der Waals surface area contributed by atoms with Gasteiger partial charge in [0.1, 0.15) is 0 Å². The topological polar surface area (TPSA) is 58.1 Å². The third-order valence-electron chi connectivity index (χ3n) is 6.72. The van der Waals surface area contributed by atoms with Crippen LogP contribution in [0.25, 0.3) is 0 Å². The first-order valence-corrected chi connectivity index (χ1v) is 15.8. The summed E-state index contributed by atoms with van der Waals surface area (Å²) in [4.78, 5) is 25.2. The summed E-state index contributed by atoms with van der Waals surface area (Å²) in [6.45, 7) is 6.27. The van der Waals surface area contributed by atoms with Crippen molar-refractivity contribution >= 4 is 65.3 Å². The highest BCUT2D eigenvalue weighted by Crippen LogP contribution is 2.42. The number of hydrogen-bond acceptors (Lipinski definition) is 4. The number of nitrogens with zero attached hydrogens (tertiary/aromatic N) is 3. The average molecular weight is 728 g/mol. The lowest BCUT2D eigenvalue weighted by Crippen LogP contribution is -2.45. The number of hydrogen-bond donors (Lipinski definition) is 1. The Morgan fingerprint density at radius 1 is 1.18 bits per heavy atom. The Morgan fingerprint density at radius 3 is 2.68 bits per heavy atom. The van der Waals surface area contributed by atoms with Gasteiger partial charge in [0.15, 0.2) is 0 Å². The number of pyridine rings is 2. The predicted octanol–water partition coefficient (Wildman–Crippen LogP) is 7.66. The van der Waals surface area contributed by atoms with E-state index in [0.29, 0.717) is 17.9 Å². The van der Waals surface area contributed by atoms with Crippen LogP contribution in [0.2, 0.25) is 5.02 Å². The molecule has 0 radical (unpaired) electrons. The van der Waals surface area contributed by atoms with E-state index in [1.54, 1.807) is 12.4 Å². The monoisotopic (exact) mass is 724 g/mol.